The van der Waals surface area contributed by atoms with Crippen LogP contribution in [0.25, 0.3) is 83.2 Å². The molecule has 4 atom stereocenters. The fourth-order valence-electron chi connectivity index (χ4n) is 13.3. The van der Waals surface area contributed by atoms with E-state index in [-0.39, 0.29) is 41.8 Å². The molecule has 2 fully saturated rings. The van der Waals surface area contributed by atoms with E-state index < -0.39 is 0 Å². The molecule has 0 amide bonds. The molecule has 5 heterocycles. The molecule has 5 aromatic heterocycles. The van der Waals surface area contributed by atoms with E-state index in [2.05, 4.69) is 202 Å². The summed E-state index contributed by atoms with van der Waals surface area (Å²) in [6.07, 6.45) is 14.8. The average molecular weight is 1140 g/mol. The molecular weight excluding hydrogens is 1080 g/mol. The van der Waals surface area contributed by atoms with Crippen molar-refractivity contribution in [3.8, 4) is 55.9 Å². The van der Waals surface area contributed by atoms with Gasteiger partial charge in [0.15, 0.2) is 0 Å². The van der Waals surface area contributed by atoms with Crippen molar-refractivity contribution in [3.63, 3.8) is 0 Å². The zero-order valence-electron chi connectivity index (χ0n) is 42.3. The fraction of sp³-hybridized carbons (Fsp3) is 0.206. The van der Waals surface area contributed by atoms with Gasteiger partial charge in [0.2, 0.25) is 0 Å². The zero-order chi connectivity index (χ0) is 49.4. The van der Waals surface area contributed by atoms with Gasteiger partial charge in [0.05, 0.1) is 5.52 Å². The molecule has 6 aromatic carbocycles. The molecule has 0 bridgehead atoms. The van der Waals surface area contributed by atoms with Gasteiger partial charge in [-0.15, -0.1) is 96.1 Å². The first kappa shape index (κ1) is 47.6. The van der Waals surface area contributed by atoms with Crippen molar-refractivity contribution in [2.45, 2.75) is 87.9 Å². The van der Waals surface area contributed by atoms with Gasteiger partial charge in [-0.25, -0.2) is 0 Å². The van der Waals surface area contributed by atoms with E-state index >= 15 is 0 Å². The zero-order valence-corrected chi connectivity index (χ0v) is 44.7. The van der Waals surface area contributed by atoms with Crippen molar-refractivity contribution in [1.29, 1.82) is 0 Å². The van der Waals surface area contributed by atoms with Crippen LogP contribution in [0.2, 0.25) is 0 Å². The monoisotopic (exact) mass is 1140 g/mol. The minimum Gasteiger partial charge on any atom is -0.304 e. The van der Waals surface area contributed by atoms with Crippen LogP contribution in [0.5, 0.6) is 0 Å². The SMILES string of the molecule is C[C@]1(c2ccc(-c3[c-]cccc3)nc2)CCC[C@]1(C)c1cc(-c2ccccc2-c2cnc3c4[c-]cccc4n4nccc4c3c2-c2ccccc2)cc([C@@]2(C)CCC[C@]2(C)c2ccc(-c3[c-]cccc3)nc2)c1.[Ir+3]. The summed E-state index contributed by atoms with van der Waals surface area (Å²) < 4.78 is 2.05. The van der Waals surface area contributed by atoms with Gasteiger partial charge < -0.3 is 15.0 Å². The molecule has 5 nitrogen and oxygen atoms in total. The van der Waals surface area contributed by atoms with Crippen molar-refractivity contribution in [3.05, 3.63) is 235 Å². The molecule has 11 aromatic rings. The van der Waals surface area contributed by atoms with E-state index in [1.54, 1.807) is 0 Å². The molecule has 2 aliphatic rings. The van der Waals surface area contributed by atoms with Crippen molar-refractivity contribution in [1.82, 2.24) is 24.6 Å². The molecule has 6 heteroatoms. The van der Waals surface area contributed by atoms with Gasteiger partial charge in [0, 0.05) is 57.5 Å². The predicted molar refractivity (Wildman–Crippen MR) is 297 cm³/mol. The van der Waals surface area contributed by atoms with Crippen LogP contribution in [0, 0.1) is 18.2 Å². The smallest absolute Gasteiger partial charge is 0.304 e. The van der Waals surface area contributed by atoms with Crippen LogP contribution in [-0.4, -0.2) is 24.6 Å². The Bertz CT molecular complexity index is 3720. The normalized spacial score (nSPS) is 21.6. The molecule has 0 spiro atoms. The molecule has 0 saturated heterocycles. The first-order valence-corrected chi connectivity index (χ1v) is 25.9. The van der Waals surface area contributed by atoms with Crippen molar-refractivity contribution in [2.75, 3.05) is 0 Å². The van der Waals surface area contributed by atoms with E-state index in [9.17, 15) is 0 Å². The Morgan fingerprint density at radius 2 is 1.00 bits per heavy atom. The summed E-state index contributed by atoms with van der Waals surface area (Å²) in [6, 6.07) is 71.4. The van der Waals surface area contributed by atoms with Crippen molar-refractivity contribution in [2.24, 2.45) is 0 Å². The predicted octanol–water partition coefficient (Wildman–Crippen LogP) is 16.4. The minimum atomic E-state index is -0.208. The van der Waals surface area contributed by atoms with Crippen molar-refractivity contribution < 1.29 is 20.1 Å². The Morgan fingerprint density at radius 3 is 1.57 bits per heavy atom. The maximum atomic E-state index is 5.39. The average Bonchev–Trinajstić information content (AvgIpc) is 4.18. The molecule has 0 aliphatic heterocycles. The Morgan fingerprint density at radius 1 is 0.446 bits per heavy atom. The van der Waals surface area contributed by atoms with Gasteiger partial charge in [0.1, 0.15) is 0 Å². The largest absolute Gasteiger partial charge is 3.00 e. The fourth-order valence-corrected chi connectivity index (χ4v) is 13.3. The van der Waals surface area contributed by atoms with Gasteiger partial charge in [-0.05, 0) is 104 Å². The Kier molecular flexibility index (Phi) is 11.9. The number of pyridine rings is 4. The van der Waals surface area contributed by atoms with Crippen molar-refractivity contribution >= 4 is 27.3 Å². The summed E-state index contributed by atoms with van der Waals surface area (Å²) >= 11 is 0. The molecule has 2 saturated carbocycles. The van der Waals surface area contributed by atoms with E-state index in [4.69, 9.17) is 20.1 Å². The van der Waals surface area contributed by atoms with Crippen LogP contribution in [0.4, 0.5) is 0 Å². The standard InChI is InChI=1S/C68H56N5.Ir/c1-65(50-30-32-58(69-43-50)46-20-8-5-9-21-46)35-18-37-67(65,3)52-40-49(41-53(42-52)68(4)38-19-36-66(68,2)51-31-33-59(70-44-51)47-22-10-6-11-23-47)54-26-14-15-27-55(54)57-45-71-64-56-28-16-17-29-60(56)73-61(34-39-72-73)63(64)62(57)48-24-12-7-13-25-48;/h5-17,20,22,24-27,29-34,39-45H,18-19,35-38H2,1-4H3;/q-3;+3/t65-,66-,67-,68-;/m1./s1. The van der Waals surface area contributed by atoms with E-state index in [0.29, 0.717) is 0 Å². The molecule has 0 radical (unpaired) electrons. The summed E-state index contributed by atoms with van der Waals surface area (Å²) in [5, 5.41) is 6.89. The minimum absolute atomic E-state index is 0. The second-order valence-electron chi connectivity index (χ2n) is 21.5. The summed E-state index contributed by atoms with van der Waals surface area (Å²) in [4.78, 5) is 15.6. The van der Waals surface area contributed by atoms with Crippen LogP contribution in [0.15, 0.2) is 195 Å². The third-order valence-electron chi connectivity index (χ3n) is 18.0. The molecular formula is C68H56IrN5. The third kappa shape index (κ3) is 7.43. The van der Waals surface area contributed by atoms with Gasteiger partial charge in [0.25, 0.3) is 0 Å². The molecule has 362 valence electrons. The van der Waals surface area contributed by atoms with Crippen LogP contribution in [0.1, 0.15) is 88.5 Å². The van der Waals surface area contributed by atoms with E-state index in [0.717, 1.165) is 111 Å². The Labute approximate surface area is 448 Å². The Balaban J connectivity index is 0.00000556. The number of rotatable bonds is 9. The topological polar surface area (TPSA) is 56.0 Å². The summed E-state index contributed by atoms with van der Waals surface area (Å²) in [5.74, 6) is 0. The summed E-state index contributed by atoms with van der Waals surface area (Å²) in [5.41, 5.74) is 18.3. The van der Waals surface area contributed by atoms with Crippen LogP contribution >= 0.6 is 0 Å². The maximum Gasteiger partial charge on any atom is 3.00 e. The number of benzene rings is 6. The number of hydrogen-bond acceptors (Lipinski definition) is 4. The molecule has 13 rings (SSSR count). The summed E-state index contributed by atoms with van der Waals surface area (Å²) in [6.45, 7) is 10.1. The van der Waals surface area contributed by atoms with Gasteiger partial charge in [-0.3, -0.25) is 4.52 Å². The number of aromatic nitrogens is 5. The van der Waals surface area contributed by atoms with Gasteiger partial charge >= 0.3 is 20.1 Å². The number of fused-ring (bicyclic) bond motifs is 6. The van der Waals surface area contributed by atoms with E-state index in [1.165, 1.54) is 33.4 Å². The first-order chi connectivity index (χ1) is 35.7. The van der Waals surface area contributed by atoms with Gasteiger partial charge in [-0.1, -0.05) is 143 Å². The van der Waals surface area contributed by atoms with Crippen LogP contribution in [0.3, 0.4) is 0 Å². The molecule has 2 aliphatic carbocycles. The van der Waals surface area contributed by atoms with Crippen LogP contribution < -0.4 is 0 Å². The molecule has 74 heavy (non-hydrogen) atoms. The summed E-state index contributed by atoms with van der Waals surface area (Å²) in [7, 11) is 0. The van der Waals surface area contributed by atoms with E-state index in [1.807, 2.05) is 42.6 Å². The maximum absolute atomic E-state index is 5.39. The quantitative estimate of drug-likeness (QED) is 0.107. The molecule has 0 unspecified atom stereocenters. The van der Waals surface area contributed by atoms with Gasteiger partial charge in [-0.2, -0.15) is 5.10 Å². The third-order valence-corrected chi connectivity index (χ3v) is 18.0. The molecule has 0 N–H and O–H groups in total. The van der Waals surface area contributed by atoms with Crippen LogP contribution in [-0.2, 0) is 41.8 Å². The second-order valence-corrected chi connectivity index (χ2v) is 21.5. The number of nitrogens with zero attached hydrogens (tertiary/aromatic N) is 5. The Hall–Kier alpha value is -7.37. The first-order valence-electron chi connectivity index (χ1n) is 25.9. The second kappa shape index (κ2) is 18.5. The number of hydrogen-bond donors (Lipinski definition) is 0.